The number of aliphatic hydroxyl groups is 1. The molecule has 0 saturated carbocycles. The van der Waals surface area contributed by atoms with Gasteiger partial charge in [-0.1, -0.05) is 11.6 Å². The first-order chi connectivity index (χ1) is 8.91. The van der Waals surface area contributed by atoms with E-state index in [0.717, 1.165) is 0 Å². The number of amides is 1. The fraction of sp³-hybridized carbons (Fsp3) is 0.417. The Morgan fingerprint density at radius 1 is 1.58 bits per heavy atom. The number of aliphatic hydroxyl groups excluding tert-OH is 1. The van der Waals surface area contributed by atoms with Crippen molar-refractivity contribution in [2.75, 3.05) is 6.54 Å². The Morgan fingerprint density at radius 3 is 2.84 bits per heavy atom. The number of rotatable bonds is 6. The molecule has 6 nitrogen and oxygen atoms in total. The van der Waals surface area contributed by atoms with Crippen LogP contribution in [-0.2, 0) is 0 Å². The van der Waals surface area contributed by atoms with E-state index in [4.69, 9.17) is 16.7 Å². The standard InChI is InChI=1S/C12H15ClN2O4/c1-8(16)3-2-6-14-12(17)10-7-9(13)4-5-11(10)15(18)19/h4-5,7-8,16H,2-3,6H2,1H3,(H,14,17). The Balaban J connectivity index is 2.70. The summed E-state index contributed by atoms with van der Waals surface area (Å²) in [4.78, 5) is 22.0. The number of nitrogens with one attached hydrogen (secondary N) is 1. The second-order valence-corrected chi connectivity index (χ2v) is 4.60. The topological polar surface area (TPSA) is 92.5 Å². The predicted octanol–water partition coefficient (Wildman–Crippen LogP) is 2.14. The smallest absolute Gasteiger partial charge is 0.282 e. The highest BCUT2D eigenvalue weighted by atomic mass is 35.5. The van der Waals surface area contributed by atoms with E-state index in [0.29, 0.717) is 19.4 Å². The maximum absolute atomic E-state index is 11.8. The van der Waals surface area contributed by atoms with Gasteiger partial charge in [0, 0.05) is 17.6 Å². The summed E-state index contributed by atoms with van der Waals surface area (Å²) in [6.45, 7) is 2.00. The summed E-state index contributed by atoms with van der Waals surface area (Å²) in [7, 11) is 0. The van der Waals surface area contributed by atoms with Crippen LogP contribution in [0.1, 0.15) is 30.1 Å². The number of halogens is 1. The molecule has 0 heterocycles. The minimum atomic E-state index is -0.624. The molecule has 1 rings (SSSR count). The first kappa shape index (κ1) is 15.4. The number of carbonyl (C=O) groups is 1. The van der Waals surface area contributed by atoms with Crippen LogP contribution in [0.5, 0.6) is 0 Å². The van der Waals surface area contributed by atoms with Crippen molar-refractivity contribution in [2.45, 2.75) is 25.9 Å². The maximum Gasteiger partial charge on any atom is 0.282 e. The molecule has 2 N–H and O–H groups in total. The Labute approximate surface area is 115 Å². The van der Waals surface area contributed by atoms with Crippen molar-refractivity contribution in [3.05, 3.63) is 38.9 Å². The van der Waals surface area contributed by atoms with E-state index < -0.39 is 16.9 Å². The van der Waals surface area contributed by atoms with Gasteiger partial charge >= 0.3 is 0 Å². The minimum absolute atomic E-state index is 0.0606. The summed E-state index contributed by atoms with van der Waals surface area (Å²) in [5.41, 5.74) is -0.341. The van der Waals surface area contributed by atoms with Crippen molar-refractivity contribution in [1.29, 1.82) is 0 Å². The molecule has 19 heavy (non-hydrogen) atoms. The molecular weight excluding hydrogens is 272 g/mol. The van der Waals surface area contributed by atoms with Crippen LogP contribution in [0, 0.1) is 10.1 Å². The molecule has 0 aliphatic carbocycles. The lowest BCUT2D eigenvalue weighted by Gasteiger charge is -2.07. The lowest BCUT2D eigenvalue weighted by atomic mass is 10.1. The molecule has 0 spiro atoms. The predicted molar refractivity (Wildman–Crippen MR) is 71.4 cm³/mol. The van der Waals surface area contributed by atoms with Crippen molar-refractivity contribution in [2.24, 2.45) is 0 Å². The minimum Gasteiger partial charge on any atom is -0.393 e. The molecule has 0 radical (unpaired) electrons. The quantitative estimate of drug-likeness (QED) is 0.476. The van der Waals surface area contributed by atoms with Gasteiger partial charge in [-0.3, -0.25) is 14.9 Å². The average Bonchev–Trinajstić information content (AvgIpc) is 2.33. The van der Waals surface area contributed by atoms with Gasteiger partial charge in [0.1, 0.15) is 5.56 Å². The monoisotopic (exact) mass is 286 g/mol. The van der Waals surface area contributed by atoms with Gasteiger partial charge in [0.25, 0.3) is 11.6 Å². The van der Waals surface area contributed by atoms with E-state index in [-0.39, 0.29) is 16.3 Å². The van der Waals surface area contributed by atoms with Crippen LogP contribution in [0.25, 0.3) is 0 Å². The summed E-state index contributed by atoms with van der Waals surface area (Å²) >= 11 is 5.73. The zero-order valence-electron chi connectivity index (χ0n) is 10.4. The largest absolute Gasteiger partial charge is 0.393 e. The number of hydrogen-bond acceptors (Lipinski definition) is 4. The summed E-state index contributed by atoms with van der Waals surface area (Å²) in [6, 6.07) is 3.83. The number of benzene rings is 1. The molecule has 0 aromatic heterocycles. The molecule has 1 aromatic rings. The molecular formula is C12H15ClN2O4. The average molecular weight is 287 g/mol. The molecule has 1 atom stereocenters. The number of carbonyl (C=O) groups excluding carboxylic acids is 1. The van der Waals surface area contributed by atoms with Crippen LogP contribution in [0.2, 0.25) is 5.02 Å². The molecule has 1 aromatic carbocycles. The maximum atomic E-state index is 11.8. The molecule has 1 unspecified atom stereocenters. The lowest BCUT2D eigenvalue weighted by Crippen LogP contribution is -2.25. The van der Waals surface area contributed by atoms with Crippen LogP contribution in [0.3, 0.4) is 0 Å². The highest BCUT2D eigenvalue weighted by Gasteiger charge is 2.19. The van der Waals surface area contributed by atoms with E-state index in [9.17, 15) is 14.9 Å². The number of nitrogens with zero attached hydrogens (tertiary/aromatic N) is 1. The summed E-state index contributed by atoms with van der Waals surface area (Å²) < 4.78 is 0. The van der Waals surface area contributed by atoms with Gasteiger partial charge in [0.05, 0.1) is 11.0 Å². The summed E-state index contributed by atoms with van der Waals surface area (Å²) in [5, 5.41) is 22.7. The number of nitro benzene ring substituents is 1. The Hall–Kier alpha value is -1.66. The second kappa shape index (κ2) is 7.06. The lowest BCUT2D eigenvalue weighted by molar-refractivity contribution is -0.385. The van der Waals surface area contributed by atoms with Gasteiger partial charge in [-0.25, -0.2) is 0 Å². The fourth-order valence-corrected chi connectivity index (χ4v) is 1.72. The second-order valence-electron chi connectivity index (χ2n) is 4.17. The molecule has 0 fully saturated rings. The molecule has 0 bridgehead atoms. The normalized spacial score (nSPS) is 11.9. The van der Waals surface area contributed by atoms with E-state index >= 15 is 0 Å². The van der Waals surface area contributed by atoms with Gasteiger partial charge in [-0.05, 0) is 31.9 Å². The van der Waals surface area contributed by atoms with E-state index in [1.807, 2.05) is 0 Å². The van der Waals surface area contributed by atoms with Crippen LogP contribution in [0.15, 0.2) is 18.2 Å². The summed E-state index contributed by atoms with van der Waals surface area (Å²) in [6.07, 6.45) is 0.716. The Kier molecular flexibility index (Phi) is 5.72. The van der Waals surface area contributed by atoms with Gasteiger partial charge in [-0.2, -0.15) is 0 Å². The Morgan fingerprint density at radius 2 is 2.26 bits per heavy atom. The van der Waals surface area contributed by atoms with Crippen LogP contribution in [-0.4, -0.2) is 28.6 Å². The van der Waals surface area contributed by atoms with Crippen LogP contribution >= 0.6 is 11.6 Å². The SMILES string of the molecule is CC(O)CCCNC(=O)c1cc(Cl)ccc1[N+](=O)[O-]. The first-order valence-corrected chi connectivity index (χ1v) is 6.20. The molecule has 0 saturated heterocycles. The third-order valence-electron chi connectivity index (χ3n) is 2.48. The number of nitro groups is 1. The summed E-state index contributed by atoms with van der Waals surface area (Å²) in [5.74, 6) is -0.542. The van der Waals surface area contributed by atoms with Crippen molar-refractivity contribution in [1.82, 2.24) is 5.32 Å². The molecule has 1 amide bonds. The number of hydrogen-bond donors (Lipinski definition) is 2. The van der Waals surface area contributed by atoms with Crippen LogP contribution in [0.4, 0.5) is 5.69 Å². The van der Waals surface area contributed by atoms with Gasteiger partial charge in [0.15, 0.2) is 0 Å². The molecule has 0 aliphatic heterocycles. The van der Waals surface area contributed by atoms with Crippen molar-refractivity contribution < 1.29 is 14.8 Å². The van der Waals surface area contributed by atoms with E-state index in [2.05, 4.69) is 5.32 Å². The Bertz CT molecular complexity index is 477. The van der Waals surface area contributed by atoms with Gasteiger partial charge < -0.3 is 10.4 Å². The third kappa shape index (κ3) is 4.84. The van der Waals surface area contributed by atoms with E-state index in [1.54, 1.807) is 6.92 Å². The van der Waals surface area contributed by atoms with Crippen LogP contribution < -0.4 is 5.32 Å². The molecule has 7 heteroatoms. The van der Waals surface area contributed by atoms with Crippen molar-refractivity contribution >= 4 is 23.2 Å². The van der Waals surface area contributed by atoms with Crippen molar-refractivity contribution in [3.63, 3.8) is 0 Å². The van der Waals surface area contributed by atoms with E-state index in [1.165, 1.54) is 18.2 Å². The highest BCUT2D eigenvalue weighted by Crippen LogP contribution is 2.22. The van der Waals surface area contributed by atoms with Gasteiger partial charge in [0.2, 0.25) is 0 Å². The molecule has 104 valence electrons. The zero-order chi connectivity index (χ0) is 14.4. The zero-order valence-corrected chi connectivity index (χ0v) is 11.2. The highest BCUT2D eigenvalue weighted by molar-refractivity contribution is 6.31. The van der Waals surface area contributed by atoms with Gasteiger partial charge in [-0.15, -0.1) is 0 Å². The molecule has 0 aliphatic rings. The first-order valence-electron chi connectivity index (χ1n) is 5.82. The van der Waals surface area contributed by atoms with Crippen molar-refractivity contribution in [3.8, 4) is 0 Å². The fourth-order valence-electron chi connectivity index (χ4n) is 1.54. The third-order valence-corrected chi connectivity index (χ3v) is 2.72.